The Hall–Kier alpha value is -2.14. The van der Waals surface area contributed by atoms with Crippen LogP contribution < -0.4 is 15.4 Å². The van der Waals surface area contributed by atoms with Crippen LogP contribution in [0.2, 0.25) is 0 Å². The summed E-state index contributed by atoms with van der Waals surface area (Å²) in [6, 6.07) is 12.3. The molecule has 1 aliphatic heterocycles. The van der Waals surface area contributed by atoms with Crippen LogP contribution in [0.3, 0.4) is 0 Å². The monoisotopic (exact) mass is 302 g/mol. The van der Waals surface area contributed by atoms with E-state index in [4.69, 9.17) is 22.7 Å². The Kier molecular flexibility index (Phi) is 3.75. The van der Waals surface area contributed by atoms with Gasteiger partial charge in [0.2, 0.25) is 0 Å². The van der Waals surface area contributed by atoms with Crippen LogP contribution in [0.5, 0.6) is 5.75 Å². The van der Waals surface area contributed by atoms with E-state index in [1.54, 1.807) is 6.07 Å². The zero-order valence-corrected chi connectivity index (χ0v) is 12.2. The number of halogens is 1. The highest BCUT2D eigenvalue weighted by Gasteiger charge is 2.20. The number of ether oxygens (including phenoxy) is 1. The van der Waals surface area contributed by atoms with Crippen molar-refractivity contribution in [3.05, 3.63) is 53.8 Å². The van der Waals surface area contributed by atoms with Crippen molar-refractivity contribution in [2.45, 2.75) is 6.42 Å². The van der Waals surface area contributed by atoms with Crippen LogP contribution in [0.25, 0.3) is 0 Å². The molecule has 3 rings (SSSR count). The minimum absolute atomic E-state index is 0.187. The predicted molar refractivity (Wildman–Crippen MR) is 85.8 cm³/mol. The van der Waals surface area contributed by atoms with E-state index in [0.29, 0.717) is 12.2 Å². The van der Waals surface area contributed by atoms with Crippen molar-refractivity contribution >= 4 is 28.6 Å². The second-order valence-corrected chi connectivity index (χ2v) is 5.29. The van der Waals surface area contributed by atoms with Gasteiger partial charge in [-0.1, -0.05) is 24.4 Å². The lowest BCUT2D eigenvalue weighted by molar-refractivity contribution is 0.322. The van der Waals surface area contributed by atoms with Crippen LogP contribution >= 0.6 is 12.2 Å². The highest BCUT2D eigenvalue weighted by atomic mass is 32.1. The highest BCUT2D eigenvalue weighted by Crippen LogP contribution is 2.37. The molecule has 2 aromatic carbocycles. The molecule has 0 radical (unpaired) electrons. The maximum atomic E-state index is 13.5. The van der Waals surface area contributed by atoms with Gasteiger partial charge >= 0.3 is 0 Å². The van der Waals surface area contributed by atoms with Gasteiger partial charge in [0.05, 0.1) is 18.0 Å². The van der Waals surface area contributed by atoms with Gasteiger partial charge in [-0.2, -0.15) is 0 Å². The molecule has 1 aliphatic rings. The summed E-state index contributed by atoms with van der Waals surface area (Å²) in [6.07, 6.45) is 0.864. The van der Waals surface area contributed by atoms with Crippen molar-refractivity contribution in [3.63, 3.8) is 0 Å². The molecule has 1 heterocycles. The minimum atomic E-state index is -0.346. The SMILES string of the molecule is NC(=S)c1cc(F)ccc1N1CCCOc2ccccc21. The van der Waals surface area contributed by atoms with Gasteiger partial charge in [-0.3, -0.25) is 0 Å². The van der Waals surface area contributed by atoms with Gasteiger partial charge in [0.1, 0.15) is 16.6 Å². The summed E-state index contributed by atoms with van der Waals surface area (Å²) in [6.45, 7) is 1.41. The van der Waals surface area contributed by atoms with E-state index < -0.39 is 0 Å². The first-order chi connectivity index (χ1) is 10.2. The molecule has 2 N–H and O–H groups in total. The Morgan fingerprint density at radius 2 is 2.00 bits per heavy atom. The largest absolute Gasteiger partial charge is 0.491 e. The summed E-state index contributed by atoms with van der Waals surface area (Å²) < 4.78 is 19.2. The van der Waals surface area contributed by atoms with E-state index in [9.17, 15) is 4.39 Å². The normalized spacial score (nSPS) is 14.0. The molecule has 108 valence electrons. The summed E-state index contributed by atoms with van der Waals surface area (Å²) in [7, 11) is 0. The molecule has 0 unspecified atom stereocenters. The number of hydrogen-bond acceptors (Lipinski definition) is 3. The van der Waals surface area contributed by atoms with Crippen LogP contribution in [0.1, 0.15) is 12.0 Å². The zero-order valence-electron chi connectivity index (χ0n) is 11.4. The molecule has 21 heavy (non-hydrogen) atoms. The fourth-order valence-corrected chi connectivity index (χ4v) is 2.68. The van der Waals surface area contributed by atoms with Crippen molar-refractivity contribution in [1.29, 1.82) is 0 Å². The van der Waals surface area contributed by atoms with Crippen LogP contribution in [-0.2, 0) is 0 Å². The Balaban J connectivity index is 2.14. The molecule has 0 saturated heterocycles. The first-order valence-corrected chi connectivity index (χ1v) is 7.16. The van der Waals surface area contributed by atoms with Gasteiger partial charge in [0.25, 0.3) is 0 Å². The maximum absolute atomic E-state index is 13.5. The van der Waals surface area contributed by atoms with Crippen molar-refractivity contribution in [2.75, 3.05) is 18.1 Å². The van der Waals surface area contributed by atoms with Gasteiger partial charge in [0, 0.05) is 12.1 Å². The number of rotatable bonds is 2. The number of fused-ring (bicyclic) bond motifs is 1. The van der Waals surface area contributed by atoms with Crippen LogP contribution in [-0.4, -0.2) is 18.1 Å². The molecule has 0 aromatic heterocycles. The van der Waals surface area contributed by atoms with Crippen LogP contribution in [0, 0.1) is 5.82 Å². The number of para-hydroxylation sites is 2. The molecule has 0 amide bonds. The van der Waals surface area contributed by atoms with Gasteiger partial charge in [0.15, 0.2) is 0 Å². The Labute approximate surface area is 128 Å². The third-order valence-corrected chi connectivity index (χ3v) is 3.67. The Morgan fingerprint density at radius 3 is 2.81 bits per heavy atom. The first kappa shape index (κ1) is 13.8. The van der Waals surface area contributed by atoms with E-state index in [0.717, 1.165) is 30.1 Å². The van der Waals surface area contributed by atoms with Crippen molar-refractivity contribution in [1.82, 2.24) is 0 Å². The number of nitrogens with zero attached hydrogens (tertiary/aromatic N) is 1. The Morgan fingerprint density at radius 1 is 1.19 bits per heavy atom. The minimum Gasteiger partial charge on any atom is -0.491 e. The second-order valence-electron chi connectivity index (χ2n) is 4.85. The van der Waals surface area contributed by atoms with E-state index in [1.807, 2.05) is 24.3 Å². The molecule has 2 aromatic rings. The van der Waals surface area contributed by atoms with Crippen molar-refractivity contribution in [3.8, 4) is 5.75 Å². The summed E-state index contributed by atoms with van der Waals surface area (Å²) in [5.41, 5.74) is 8.05. The van der Waals surface area contributed by atoms with Crippen molar-refractivity contribution < 1.29 is 9.13 Å². The summed E-state index contributed by atoms with van der Waals surface area (Å²) in [5.74, 6) is 0.467. The van der Waals surface area contributed by atoms with Crippen molar-refractivity contribution in [2.24, 2.45) is 5.73 Å². The maximum Gasteiger partial charge on any atom is 0.142 e. The standard InChI is InChI=1S/C16H15FN2OS/c17-11-6-7-13(12(10-11)16(18)21)19-8-3-9-20-15-5-2-1-4-14(15)19/h1-2,4-7,10H,3,8-9H2,(H2,18,21). The third-order valence-electron chi connectivity index (χ3n) is 3.45. The van der Waals surface area contributed by atoms with Gasteiger partial charge in [-0.05, 0) is 36.8 Å². The van der Waals surface area contributed by atoms with E-state index in [-0.39, 0.29) is 10.8 Å². The molecular weight excluding hydrogens is 287 g/mol. The van der Waals surface area contributed by atoms with Gasteiger partial charge in [-0.15, -0.1) is 0 Å². The molecule has 0 bridgehead atoms. The lowest BCUT2D eigenvalue weighted by atomic mass is 10.1. The topological polar surface area (TPSA) is 38.5 Å². The summed E-state index contributed by atoms with van der Waals surface area (Å²) in [5, 5.41) is 0. The van der Waals surface area contributed by atoms with Crippen LogP contribution in [0.4, 0.5) is 15.8 Å². The van der Waals surface area contributed by atoms with Gasteiger partial charge < -0.3 is 15.4 Å². The molecule has 0 saturated carbocycles. The average Bonchev–Trinajstić information content (AvgIpc) is 2.69. The molecule has 0 atom stereocenters. The smallest absolute Gasteiger partial charge is 0.142 e. The third kappa shape index (κ3) is 2.69. The van der Waals surface area contributed by atoms with Crippen LogP contribution in [0.15, 0.2) is 42.5 Å². The first-order valence-electron chi connectivity index (χ1n) is 6.75. The summed E-state index contributed by atoms with van der Waals surface area (Å²) >= 11 is 5.06. The molecule has 0 fully saturated rings. The number of thiocarbonyl (C=S) groups is 1. The lowest BCUT2D eigenvalue weighted by Crippen LogP contribution is -2.22. The highest BCUT2D eigenvalue weighted by molar-refractivity contribution is 7.80. The van der Waals surface area contributed by atoms with E-state index >= 15 is 0 Å². The van der Waals surface area contributed by atoms with E-state index in [1.165, 1.54) is 12.1 Å². The molecule has 0 aliphatic carbocycles. The fourth-order valence-electron chi connectivity index (χ4n) is 2.52. The fraction of sp³-hybridized carbons (Fsp3) is 0.188. The van der Waals surface area contributed by atoms with Gasteiger partial charge in [-0.25, -0.2) is 4.39 Å². The quantitative estimate of drug-likeness (QED) is 0.863. The Bertz CT molecular complexity index is 690. The predicted octanol–water partition coefficient (Wildman–Crippen LogP) is 3.38. The molecular formula is C16H15FN2OS. The number of hydrogen-bond donors (Lipinski definition) is 1. The zero-order chi connectivity index (χ0) is 14.8. The summed E-state index contributed by atoms with van der Waals surface area (Å²) in [4.78, 5) is 2.27. The molecule has 0 spiro atoms. The lowest BCUT2D eigenvalue weighted by Gasteiger charge is -2.26. The number of nitrogens with two attached hydrogens (primary N) is 1. The molecule has 3 nitrogen and oxygen atoms in total. The number of anilines is 2. The molecule has 5 heteroatoms. The average molecular weight is 302 g/mol. The second kappa shape index (κ2) is 5.69. The number of benzene rings is 2. The van der Waals surface area contributed by atoms with E-state index in [2.05, 4.69) is 4.90 Å².